The molecule has 2 aromatic heterocycles. The highest BCUT2D eigenvalue weighted by Crippen LogP contribution is 2.64. The van der Waals surface area contributed by atoms with Crippen molar-refractivity contribution in [3.8, 4) is 213 Å². The normalized spacial score (nSPS) is 12.4. The summed E-state index contributed by atoms with van der Waals surface area (Å²) in [6.07, 6.45) is 0.560. The van der Waals surface area contributed by atoms with Gasteiger partial charge in [-0.05, 0) is 35.9 Å². The minimum atomic E-state index is -0.703. The van der Waals surface area contributed by atoms with Crippen LogP contribution in [0.25, 0.3) is 43.9 Å². The maximum atomic E-state index is 10.9. The molecule has 12 aromatic carbocycles. The lowest BCUT2D eigenvalue weighted by molar-refractivity contribution is 0.313. The second-order valence-corrected chi connectivity index (χ2v) is 23.7. The molecular formula is C74H46O30. The highest BCUT2D eigenvalue weighted by molar-refractivity contribution is 6.15. The van der Waals surface area contributed by atoms with Crippen molar-refractivity contribution >= 4 is 43.9 Å². The third kappa shape index (κ3) is 10.8. The zero-order valence-electron chi connectivity index (χ0n) is 52.2. The Morgan fingerprint density at radius 1 is 0.250 bits per heavy atom. The van der Waals surface area contributed by atoms with Crippen LogP contribution in [0, 0.1) is 0 Å². The lowest BCUT2D eigenvalue weighted by Gasteiger charge is -2.28. The maximum Gasteiger partial charge on any atom is 0.220 e. The van der Waals surface area contributed by atoms with Crippen LogP contribution in [-0.2, 0) is 12.8 Å². The van der Waals surface area contributed by atoms with Gasteiger partial charge in [0.15, 0.2) is 80.3 Å². The fourth-order valence-electron chi connectivity index (χ4n) is 12.4. The van der Waals surface area contributed by atoms with Crippen molar-refractivity contribution in [2.45, 2.75) is 12.8 Å². The van der Waals surface area contributed by atoms with Gasteiger partial charge in [0, 0.05) is 139 Å². The fraction of sp³-hybridized carbons (Fsp3) is 0.0270. The Hall–Kier alpha value is -15.4. The molecule has 0 spiro atoms. The van der Waals surface area contributed by atoms with E-state index in [0.29, 0.717) is 45.4 Å². The predicted molar refractivity (Wildman–Crippen MR) is 357 cm³/mol. The number of phenolic OH excluding ortho intramolecular Hbond substituents is 19. The van der Waals surface area contributed by atoms with Crippen molar-refractivity contribution in [1.82, 2.24) is 0 Å². The van der Waals surface area contributed by atoms with Crippen LogP contribution in [0.2, 0.25) is 0 Å². The maximum absolute atomic E-state index is 10.9. The van der Waals surface area contributed by atoms with E-state index in [1.165, 1.54) is 78.9 Å². The first-order chi connectivity index (χ1) is 49.7. The van der Waals surface area contributed by atoms with E-state index in [1.54, 1.807) is 12.1 Å². The molecule has 30 heteroatoms. The van der Waals surface area contributed by atoms with E-state index in [1.807, 2.05) is 0 Å². The number of aromatic hydroxyl groups is 19. The average molecular weight is 1420 g/mol. The molecule has 522 valence electrons. The molecule has 0 saturated heterocycles. The highest BCUT2D eigenvalue weighted by atomic mass is 16.6. The number of hydrogen-bond acceptors (Lipinski definition) is 30. The molecule has 30 nitrogen and oxygen atoms in total. The van der Waals surface area contributed by atoms with E-state index in [-0.39, 0.29) is 212 Å². The van der Waals surface area contributed by atoms with Gasteiger partial charge in [0.1, 0.15) is 109 Å². The molecule has 3 aliphatic heterocycles. The molecule has 0 radical (unpaired) electrons. The van der Waals surface area contributed by atoms with Crippen LogP contribution < -0.4 is 42.6 Å². The van der Waals surface area contributed by atoms with E-state index in [9.17, 15) is 97.0 Å². The summed E-state index contributed by atoms with van der Waals surface area (Å²) in [7, 11) is 0. The van der Waals surface area contributed by atoms with Crippen LogP contribution in [-0.4, -0.2) is 97.0 Å². The SMILES string of the molecule is Oc1cc(O)c2c(c1)Cc1c(O)cc3c(c1C2)Oc1cc(O)cc(O)c1O3.Oc1cc(O)cc(Oc2c(O)cc(O)c3c2Oc2ccc4oc5cc(O)cc(O)c5c4c2O3)c1.Oc1cc(O)cc(Oc2cc(O)c(O)c3c2Oc2ccc4oc5c(Oc6cc(O)cc(O)c6)c(O)cc(O)c5c4c2O3)c1. The van der Waals surface area contributed by atoms with E-state index >= 15 is 0 Å². The number of benzene rings is 12. The van der Waals surface area contributed by atoms with Gasteiger partial charge in [0.2, 0.25) is 46.0 Å². The third-order valence-corrected chi connectivity index (χ3v) is 16.7. The summed E-state index contributed by atoms with van der Waals surface area (Å²) >= 11 is 0. The molecule has 0 bridgehead atoms. The minimum Gasteiger partial charge on any atom is -0.508 e. The smallest absolute Gasteiger partial charge is 0.220 e. The zero-order valence-corrected chi connectivity index (χ0v) is 52.2. The molecule has 0 saturated carbocycles. The third-order valence-electron chi connectivity index (χ3n) is 16.7. The van der Waals surface area contributed by atoms with E-state index in [4.69, 9.17) is 51.5 Å². The Bertz CT molecular complexity index is 5990. The van der Waals surface area contributed by atoms with Crippen LogP contribution >= 0.6 is 0 Å². The van der Waals surface area contributed by atoms with E-state index in [0.717, 1.165) is 48.5 Å². The van der Waals surface area contributed by atoms with Crippen LogP contribution in [0.5, 0.6) is 213 Å². The fourth-order valence-corrected chi connectivity index (χ4v) is 12.4. The summed E-state index contributed by atoms with van der Waals surface area (Å²) in [6, 6.07) is 28.7. The molecule has 19 N–H and O–H groups in total. The lowest BCUT2D eigenvalue weighted by Crippen LogP contribution is -2.12. The molecule has 0 amide bonds. The summed E-state index contributed by atoms with van der Waals surface area (Å²) in [4.78, 5) is 0. The Kier molecular flexibility index (Phi) is 14.3. The molecule has 5 heterocycles. The molecule has 0 atom stereocenters. The highest BCUT2D eigenvalue weighted by Gasteiger charge is 2.37. The van der Waals surface area contributed by atoms with Crippen molar-refractivity contribution < 1.29 is 148 Å². The zero-order chi connectivity index (χ0) is 72.7. The molecule has 4 aliphatic rings. The lowest BCUT2D eigenvalue weighted by atomic mass is 9.84. The number of phenols is 19. The number of hydrogen-bond donors (Lipinski definition) is 19. The van der Waals surface area contributed by atoms with Crippen molar-refractivity contribution in [2.24, 2.45) is 0 Å². The largest absolute Gasteiger partial charge is 0.508 e. The van der Waals surface area contributed by atoms with E-state index < -0.39 is 34.5 Å². The number of fused-ring (bicyclic) bond motifs is 17. The Balaban J connectivity index is 0.000000123. The van der Waals surface area contributed by atoms with Crippen LogP contribution in [0.1, 0.15) is 22.3 Å². The summed E-state index contributed by atoms with van der Waals surface area (Å²) in [5, 5.41) is 193. The summed E-state index contributed by atoms with van der Waals surface area (Å²) < 4.78 is 64.2. The van der Waals surface area contributed by atoms with Crippen molar-refractivity contribution in [3.63, 3.8) is 0 Å². The first-order valence-corrected chi connectivity index (χ1v) is 30.4. The quantitative estimate of drug-likeness (QED) is 0.0688. The second-order valence-electron chi connectivity index (χ2n) is 23.7. The van der Waals surface area contributed by atoms with Crippen LogP contribution in [0.3, 0.4) is 0 Å². The van der Waals surface area contributed by atoms with Gasteiger partial charge in [-0.15, -0.1) is 0 Å². The summed E-state index contributed by atoms with van der Waals surface area (Å²) in [6.45, 7) is 0. The summed E-state index contributed by atoms with van der Waals surface area (Å²) in [5.41, 5.74) is 3.10. The Morgan fingerprint density at radius 3 is 1.38 bits per heavy atom. The molecule has 0 fully saturated rings. The predicted octanol–water partition coefficient (Wildman–Crippen LogP) is 15.8. The summed E-state index contributed by atoms with van der Waals surface area (Å²) in [5.74, 6) is -6.56. The topological polar surface area (TPSA) is 494 Å². The molecule has 1 aliphatic carbocycles. The first-order valence-electron chi connectivity index (χ1n) is 30.4. The van der Waals surface area contributed by atoms with Gasteiger partial charge in [-0.2, -0.15) is 0 Å². The monoisotopic (exact) mass is 1410 g/mol. The number of rotatable bonds is 6. The molecule has 0 unspecified atom stereocenters. The van der Waals surface area contributed by atoms with Gasteiger partial charge < -0.3 is 148 Å². The van der Waals surface area contributed by atoms with Crippen LogP contribution in [0.15, 0.2) is 148 Å². The van der Waals surface area contributed by atoms with Gasteiger partial charge >= 0.3 is 0 Å². The van der Waals surface area contributed by atoms with Gasteiger partial charge in [0.25, 0.3) is 0 Å². The molecular weight excluding hydrogens is 1370 g/mol. The number of ether oxygens (including phenoxy) is 9. The average Bonchev–Trinajstić information content (AvgIpc) is 1.45. The number of furan rings is 2. The minimum absolute atomic E-state index is 0.0115. The molecule has 14 aromatic rings. The van der Waals surface area contributed by atoms with Gasteiger partial charge in [0.05, 0.1) is 21.5 Å². The van der Waals surface area contributed by atoms with Crippen molar-refractivity contribution in [3.05, 3.63) is 162 Å². The van der Waals surface area contributed by atoms with E-state index in [2.05, 4.69) is 0 Å². The standard InChI is InChI=1S/C30H18O13.C24H14O10.C20H14O7/c31-11-3-12(32)6-15(5-11)39-22-10-18(36)25(38)30-28(22)42-21-2-1-20-24(27(21)43-30)23-17(35)9-19(37)26(29(23)41-20)40-16-7-13(33)4-14(34)8-16;25-9-3-10(26)5-12(4-9)31-21-14(29)8-15(30)22-24(21)33-17-2-1-16-20(23(17)34-22)19-13(28)6-11(27)7-18(19)32-16;21-9-1-8-2-12-13(6-11(8)14(23)3-9)19-18(7-15(12)24)27-20-16(25)4-10(22)5-17(20)26-19/h1-10,31-38H;1-8,25-30H;1,3-5,7,21-25H,2,6H2. The first kappa shape index (κ1) is 63.4. The van der Waals surface area contributed by atoms with Crippen LogP contribution in [0.4, 0.5) is 0 Å². The second kappa shape index (κ2) is 23.4. The Labute approximate surface area is 577 Å². The van der Waals surface area contributed by atoms with Gasteiger partial charge in [-0.25, -0.2) is 0 Å². The van der Waals surface area contributed by atoms with Gasteiger partial charge in [-0.1, -0.05) is 0 Å². The van der Waals surface area contributed by atoms with Gasteiger partial charge in [-0.3, -0.25) is 0 Å². The molecule has 104 heavy (non-hydrogen) atoms. The van der Waals surface area contributed by atoms with Crippen molar-refractivity contribution in [2.75, 3.05) is 0 Å². The Morgan fingerprint density at radius 2 is 0.721 bits per heavy atom. The molecule has 18 rings (SSSR count). The van der Waals surface area contributed by atoms with Crippen molar-refractivity contribution in [1.29, 1.82) is 0 Å².